The fraction of sp³-hybridized carbons (Fsp3) is 0.182. The van der Waals surface area contributed by atoms with Crippen molar-refractivity contribution < 1.29 is 4.74 Å². The summed E-state index contributed by atoms with van der Waals surface area (Å²) in [7, 11) is 0. The van der Waals surface area contributed by atoms with Gasteiger partial charge in [-0.1, -0.05) is 30.3 Å². The van der Waals surface area contributed by atoms with Gasteiger partial charge in [0.15, 0.2) is 0 Å². The van der Waals surface area contributed by atoms with E-state index in [4.69, 9.17) is 4.74 Å². The van der Waals surface area contributed by atoms with Crippen molar-refractivity contribution in [2.45, 2.75) is 12.7 Å². The summed E-state index contributed by atoms with van der Waals surface area (Å²) in [6.45, 7) is 0.658. The lowest BCUT2D eigenvalue weighted by atomic mass is 10.1. The van der Waals surface area contributed by atoms with Gasteiger partial charge in [0.05, 0.1) is 18.5 Å². The van der Waals surface area contributed by atoms with Gasteiger partial charge in [0.25, 0.3) is 0 Å². The van der Waals surface area contributed by atoms with Crippen LogP contribution in [0.5, 0.6) is 0 Å². The number of hydrogen-bond acceptors (Lipinski definition) is 2. The first-order valence-electron chi connectivity index (χ1n) is 4.64. The van der Waals surface area contributed by atoms with E-state index in [0.29, 0.717) is 6.61 Å². The van der Waals surface area contributed by atoms with Gasteiger partial charge in [-0.2, -0.15) is 5.10 Å². The molecule has 1 aliphatic rings. The van der Waals surface area contributed by atoms with Crippen molar-refractivity contribution in [1.82, 2.24) is 10.2 Å². The average molecular weight is 186 g/mol. The van der Waals surface area contributed by atoms with Crippen LogP contribution in [0.4, 0.5) is 0 Å². The highest BCUT2D eigenvalue weighted by molar-refractivity contribution is 5.32. The Morgan fingerprint density at radius 1 is 1.29 bits per heavy atom. The topological polar surface area (TPSA) is 37.9 Å². The number of aromatic amines is 1. The zero-order chi connectivity index (χ0) is 9.38. The molecule has 0 aliphatic carbocycles. The minimum absolute atomic E-state index is 0.0358. The zero-order valence-corrected chi connectivity index (χ0v) is 7.60. The lowest BCUT2D eigenvalue weighted by molar-refractivity contribution is 0.0909. The molecule has 2 aromatic rings. The lowest BCUT2D eigenvalue weighted by Gasteiger charge is -2.09. The van der Waals surface area contributed by atoms with E-state index in [0.717, 1.165) is 5.69 Å². The fourth-order valence-corrected chi connectivity index (χ4v) is 1.81. The molecule has 1 aliphatic heterocycles. The van der Waals surface area contributed by atoms with Crippen molar-refractivity contribution >= 4 is 0 Å². The van der Waals surface area contributed by atoms with E-state index in [9.17, 15) is 0 Å². The number of nitrogens with one attached hydrogen (secondary N) is 1. The maximum absolute atomic E-state index is 5.68. The summed E-state index contributed by atoms with van der Waals surface area (Å²) < 4.78 is 5.68. The first-order chi connectivity index (χ1) is 6.95. The number of aromatic nitrogens is 2. The number of benzene rings is 1. The monoisotopic (exact) mass is 186 g/mol. The van der Waals surface area contributed by atoms with Crippen LogP contribution in [0.1, 0.15) is 22.9 Å². The van der Waals surface area contributed by atoms with Crippen LogP contribution in [0.3, 0.4) is 0 Å². The van der Waals surface area contributed by atoms with Gasteiger partial charge >= 0.3 is 0 Å². The van der Waals surface area contributed by atoms with E-state index >= 15 is 0 Å². The van der Waals surface area contributed by atoms with Crippen LogP contribution in [0.2, 0.25) is 0 Å². The Balaban J connectivity index is 2.03. The van der Waals surface area contributed by atoms with Crippen LogP contribution in [0, 0.1) is 0 Å². The van der Waals surface area contributed by atoms with Gasteiger partial charge in [0, 0.05) is 5.56 Å². The summed E-state index contributed by atoms with van der Waals surface area (Å²) in [5, 5.41) is 7.01. The fourth-order valence-electron chi connectivity index (χ4n) is 1.81. The number of ether oxygens (including phenoxy) is 1. The second-order valence-corrected chi connectivity index (χ2v) is 3.41. The largest absolute Gasteiger partial charge is 0.362 e. The first kappa shape index (κ1) is 7.76. The van der Waals surface area contributed by atoms with E-state index in [1.807, 2.05) is 24.4 Å². The van der Waals surface area contributed by atoms with Crippen molar-refractivity contribution in [2.24, 2.45) is 0 Å². The molecule has 1 atom stereocenters. The van der Waals surface area contributed by atoms with E-state index in [1.54, 1.807) is 0 Å². The molecule has 1 aromatic heterocycles. The standard InChI is InChI=1S/C11H10N2O/c1-2-4-8(5-3-1)11-10-9(7-14-11)6-12-13-10/h1-6,11H,7H2,(H,12,13). The summed E-state index contributed by atoms with van der Waals surface area (Å²) in [5.41, 5.74) is 3.44. The highest BCUT2D eigenvalue weighted by Gasteiger charge is 2.26. The van der Waals surface area contributed by atoms with Gasteiger partial charge in [-0.05, 0) is 5.56 Å². The van der Waals surface area contributed by atoms with Crippen molar-refractivity contribution in [3.8, 4) is 0 Å². The molecule has 0 spiro atoms. The van der Waals surface area contributed by atoms with Crippen LogP contribution < -0.4 is 0 Å². The molecule has 3 rings (SSSR count). The van der Waals surface area contributed by atoms with E-state index < -0.39 is 0 Å². The third-order valence-electron chi connectivity index (χ3n) is 2.52. The number of rotatable bonds is 1. The molecule has 3 nitrogen and oxygen atoms in total. The summed E-state index contributed by atoms with van der Waals surface area (Å²) in [5.74, 6) is 0. The Kier molecular flexibility index (Phi) is 1.64. The number of H-pyrrole nitrogens is 1. The third kappa shape index (κ3) is 1.06. The first-order valence-corrected chi connectivity index (χ1v) is 4.64. The molecule has 1 aromatic carbocycles. The predicted molar refractivity (Wildman–Crippen MR) is 51.7 cm³/mol. The Bertz CT molecular complexity index is 436. The van der Waals surface area contributed by atoms with E-state index in [-0.39, 0.29) is 6.10 Å². The SMILES string of the molecule is c1ccc(C2OCc3cn[nH]c32)cc1. The maximum atomic E-state index is 5.68. The van der Waals surface area contributed by atoms with Gasteiger partial charge < -0.3 is 4.74 Å². The van der Waals surface area contributed by atoms with Crippen LogP contribution >= 0.6 is 0 Å². The maximum Gasteiger partial charge on any atom is 0.125 e. The predicted octanol–water partition coefficient (Wildman–Crippen LogP) is 2.03. The molecule has 0 amide bonds. The molecule has 70 valence electrons. The molecule has 0 saturated heterocycles. The van der Waals surface area contributed by atoms with Gasteiger partial charge in [0.1, 0.15) is 6.10 Å². The minimum Gasteiger partial charge on any atom is -0.362 e. The van der Waals surface area contributed by atoms with Gasteiger partial charge in [-0.25, -0.2) is 0 Å². The highest BCUT2D eigenvalue weighted by Crippen LogP contribution is 2.33. The molecule has 0 fully saturated rings. The molecular formula is C11H10N2O. The highest BCUT2D eigenvalue weighted by atomic mass is 16.5. The molecule has 2 heterocycles. The van der Waals surface area contributed by atoms with Crippen molar-refractivity contribution in [1.29, 1.82) is 0 Å². The smallest absolute Gasteiger partial charge is 0.125 e. The summed E-state index contributed by atoms with van der Waals surface area (Å²) in [6.07, 6.45) is 1.87. The molecule has 14 heavy (non-hydrogen) atoms. The summed E-state index contributed by atoms with van der Waals surface area (Å²) in [6, 6.07) is 10.2. The number of nitrogens with zero attached hydrogens (tertiary/aromatic N) is 1. The van der Waals surface area contributed by atoms with Gasteiger partial charge in [0.2, 0.25) is 0 Å². The molecule has 1 N–H and O–H groups in total. The van der Waals surface area contributed by atoms with Crippen LogP contribution in [-0.2, 0) is 11.3 Å². The summed E-state index contributed by atoms with van der Waals surface area (Å²) >= 11 is 0. The van der Waals surface area contributed by atoms with E-state index in [1.165, 1.54) is 11.1 Å². The molecule has 0 saturated carbocycles. The molecule has 0 radical (unpaired) electrons. The van der Waals surface area contributed by atoms with Crippen LogP contribution in [0.25, 0.3) is 0 Å². The van der Waals surface area contributed by atoms with Crippen molar-refractivity contribution in [3.63, 3.8) is 0 Å². The van der Waals surface area contributed by atoms with Crippen molar-refractivity contribution in [3.05, 3.63) is 53.3 Å². The lowest BCUT2D eigenvalue weighted by Crippen LogP contribution is -1.99. The zero-order valence-electron chi connectivity index (χ0n) is 7.60. The Morgan fingerprint density at radius 2 is 2.14 bits per heavy atom. The molecular weight excluding hydrogens is 176 g/mol. The van der Waals surface area contributed by atoms with Gasteiger partial charge in [-0.3, -0.25) is 5.10 Å². The third-order valence-corrected chi connectivity index (χ3v) is 2.52. The number of fused-ring (bicyclic) bond motifs is 1. The summed E-state index contributed by atoms with van der Waals surface area (Å²) in [4.78, 5) is 0. The Hall–Kier alpha value is -1.61. The minimum atomic E-state index is 0.0358. The second kappa shape index (κ2) is 2.96. The quantitative estimate of drug-likeness (QED) is 0.740. The number of hydrogen-bond donors (Lipinski definition) is 1. The Morgan fingerprint density at radius 3 is 3.00 bits per heavy atom. The normalized spacial score (nSPS) is 19.6. The van der Waals surface area contributed by atoms with Crippen LogP contribution in [0.15, 0.2) is 36.5 Å². The molecule has 3 heteroatoms. The molecule has 0 bridgehead atoms. The van der Waals surface area contributed by atoms with E-state index in [2.05, 4.69) is 22.3 Å². The Labute approximate surface area is 81.7 Å². The van der Waals surface area contributed by atoms with Crippen LogP contribution in [-0.4, -0.2) is 10.2 Å². The second-order valence-electron chi connectivity index (χ2n) is 3.41. The van der Waals surface area contributed by atoms with Gasteiger partial charge in [-0.15, -0.1) is 0 Å². The molecule has 1 unspecified atom stereocenters. The average Bonchev–Trinajstić information content (AvgIpc) is 2.79. The van der Waals surface area contributed by atoms with Crippen molar-refractivity contribution in [2.75, 3.05) is 0 Å².